The van der Waals surface area contributed by atoms with Crippen LogP contribution in [0.2, 0.25) is 0 Å². The summed E-state index contributed by atoms with van der Waals surface area (Å²) in [5.41, 5.74) is 0. The first-order valence-corrected chi connectivity index (χ1v) is 19.6. The fourth-order valence-electron chi connectivity index (χ4n) is 5.26. The summed E-state index contributed by atoms with van der Waals surface area (Å²) < 4.78 is 23.4. The number of hydrogen-bond acceptors (Lipinski definition) is 5. The Kier molecular flexibility index (Phi) is 32.0. The summed E-state index contributed by atoms with van der Waals surface area (Å²) in [5.74, 6) is 0. The molecule has 0 heterocycles. The van der Waals surface area contributed by atoms with Crippen LogP contribution in [0.4, 0.5) is 0 Å². The van der Waals surface area contributed by atoms with Crippen molar-refractivity contribution in [2.75, 3.05) is 39.1 Å². The Bertz CT molecular complexity index is 506. The van der Waals surface area contributed by atoms with Gasteiger partial charge in [0.1, 0.15) is 0 Å². The molecule has 0 aromatic heterocycles. The lowest BCUT2D eigenvalue weighted by Crippen LogP contribution is -2.28. The maximum absolute atomic E-state index is 12.5. The molecule has 0 aliphatic carbocycles. The van der Waals surface area contributed by atoms with Crippen LogP contribution in [0.1, 0.15) is 182 Å². The molecule has 0 saturated carbocycles. The molecule has 0 rings (SSSR count). The van der Waals surface area contributed by atoms with Crippen LogP contribution in [0.15, 0.2) is 0 Å². The fraction of sp³-hybridized carbons (Fsp3) is 1.00. The Morgan fingerprint density at radius 1 is 0.450 bits per heavy atom. The topological polar surface area (TPSA) is 48.0 Å². The summed E-state index contributed by atoms with van der Waals surface area (Å²) in [5, 5.41) is 2.15. The van der Waals surface area contributed by atoms with E-state index in [2.05, 4.69) is 18.9 Å². The molecule has 242 valence electrons. The fourth-order valence-corrected chi connectivity index (χ4v) is 6.44. The van der Waals surface area contributed by atoms with Crippen LogP contribution in [0.3, 0.4) is 0 Å². The molecule has 0 aliphatic heterocycles. The third kappa shape index (κ3) is 28.2. The minimum Gasteiger partial charge on any atom is -0.309 e. The van der Waals surface area contributed by atoms with Crippen molar-refractivity contribution in [1.82, 2.24) is 5.06 Å². The molecule has 0 amide bonds. The van der Waals surface area contributed by atoms with Crippen molar-refractivity contribution >= 4 is 7.60 Å². The molecule has 5 nitrogen and oxygen atoms in total. The van der Waals surface area contributed by atoms with Crippen LogP contribution in [0, 0.1) is 0 Å². The Balaban J connectivity index is 4.05. The van der Waals surface area contributed by atoms with Crippen molar-refractivity contribution in [2.45, 2.75) is 182 Å². The highest BCUT2D eigenvalue weighted by Gasteiger charge is 2.20. The van der Waals surface area contributed by atoms with E-state index in [0.717, 1.165) is 13.1 Å². The predicted molar refractivity (Wildman–Crippen MR) is 175 cm³/mol. The maximum Gasteiger partial charge on any atom is 0.330 e. The molecule has 0 spiro atoms. The Morgan fingerprint density at radius 2 is 0.800 bits per heavy atom. The van der Waals surface area contributed by atoms with Gasteiger partial charge in [-0.1, -0.05) is 162 Å². The number of rotatable bonds is 34. The standard InChI is InChI=1S/C34H72NO4P/c1-5-9-11-13-15-17-19-21-23-25-27-29-31-35(37-33-34-39-40(36,8-4)38-7-3)32-30-28-26-24-22-20-18-16-14-12-10-6-2/h5-34H2,1-4H3. The number of nitrogens with zero attached hydrogens (tertiary/aromatic N) is 1. The van der Waals surface area contributed by atoms with Gasteiger partial charge < -0.3 is 9.05 Å². The van der Waals surface area contributed by atoms with Gasteiger partial charge in [-0.2, -0.15) is 5.06 Å². The van der Waals surface area contributed by atoms with Gasteiger partial charge in [0.2, 0.25) is 0 Å². The van der Waals surface area contributed by atoms with Crippen molar-refractivity contribution in [3.8, 4) is 0 Å². The second-order valence-electron chi connectivity index (χ2n) is 11.7. The zero-order valence-electron chi connectivity index (χ0n) is 27.7. The first-order chi connectivity index (χ1) is 19.6. The second-order valence-corrected chi connectivity index (χ2v) is 14.1. The zero-order chi connectivity index (χ0) is 29.4. The molecule has 1 atom stereocenters. The van der Waals surface area contributed by atoms with Gasteiger partial charge in [-0.05, 0) is 19.8 Å². The second kappa shape index (κ2) is 32.0. The highest BCUT2D eigenvalue weighted by Crippen LogP contribution is 2.47. The zero-order valence-corrected chi connectivity index (χ0v) is 28.6. The number of unbranched alkanes of at least 4 members (excludes halogenated alkanes) is 22. The van der Waals surface area contributed by atoms with Gasteiger partial charge in [-0.3, -0.25) is 9.40 Å². The van der Waals surface area contributed by atoms with E-state index in [1.807, 2.05) is 13.8 Å². The summed E-state index contributed by atoms with van der Waals surface area (Å²) in [6.07, 6.45) is 33.2. The van der Waals surface area contributed by atoms with Gasteiger partial charge >= 0.3 is 7.60 Å². The normalized spacial score (nSPS) is 13.3. The molecule has 0 saturated heterocycles. The van der Waals surface area contributed by atoms with Gasteiger partial charge in [0.05, 0.1) is 19.8 Å². The highest BCUT2D eigenvalue weighted by atomic mass is 31.2. The maximum atomic E-state index is 12.5. The molecule has 0 N–H and O–H groups in total. The van der Waals surface area contributed by atoms with Crippen LogP contribution < -0.4 is 0 Å². The van der Waals surface area contributed by atoms with E-state index < -0.39 is 7.60 Å². The minimum absolute atomic E-state index is 0.318. The minimum atomic E-state index is -2.96. The predicted octanol–water partition coefficient (Wildman–Crippen LogP) is 11.9. The van der Waals surface area contributed by atoms with Gasteiger partial charge in [0.25, 0.3) is 0 Å². The Labute approximate surface area is 251 Å². The van der Waals surface area contributed by atoms with E-state index in [1.165, 1.54) is 154 Å². The molecular weight excluding hydrogens is 517 g/mol. The summed E-state index contributed by atoms with van der Waals surface area (Å²) in [7, 11) is -2.96. The first kappa shape index (κ1) is 40.1. The van der Waals surface area contributed by atoms with E-state index >= 15 is 0 Å². The molecular formula is C34H72NO4P. The van der Waals surface area contributed by atoms with E-state index in [1.54, 1.807) is 0 Å². The number of hydrogen-bond donors (Lipinski definition) is 0. The van der Waals surface area contributed by atoms with Crippen LogP contribution in [0.5, 0.6) is 0 Å². The monoisotopic (exact) mass is 590 g/mol. The average molecular weight is 590 g/mol. The number of hydroxylamine groups is 2. The van der Waals surface area contributed by atoms with E-state index in [0.29, 0.717) is 26.0 Å². The third-order valence-corrected chi connectivity index (χ3v) is 9.88. The van der Waals surface area contributed by atoms with Crippen LogP contribution in [-0.2, 0) is 18.5 Å². The van der Waals surface area contributed by atoms with Crippen LogP contribution in [0.25, 0.3) is 0 Å². The van der Waals surface area contributed by atoms with Crippen LogP contribution >= 0.6 is 7.60 Å². The molecule has 0 aromatic carbocycles. The van der Waals surface area contributed by atoms with Crippen molar-refractivity contribution in [2.24, 2.45) is 0 Å². The lowest BCUT2D eigenvalue weighted by molar-refractivity contribution is -0.166. The molecule has 0 fully saturated rings. The summed E-state index contributed by atoms with van der Waals surface area (Å²) >= 11 is 0. The largest absolute Gasteiger partial charge is 0.330 e. The average Bonchev–Trinajstić information content (AvgIpc) is 2.96. The Hall–Kier alpha value is 0.0700. The van der Waals surface area contributed by atoms with E-state index in [-0.39, 0.29) is 0 Å². The SMILES string of the molecule is CCCCCCCCCCCCCCN(CCCCCCCCCCCCCC)OCCOP(=O)(CC)OCC. The molecule has 6 heteroatoms. The van der Waals surface area contributed by atoms with Gasteiger partial charge in [-0.25, -0.2) is 0 Å². The molecule has 0 aliphatic rings. The van der Waals surface area contributed by atoms with Gasteiger partial charge in [-0.15, -0.1) is 0 Å². The summed E-state index contributed by atoms with van der Waals surface area (Å²) in [6, 6.07) is 0. The van der Waals surface area contributed by atoms with Gasteiger partial charge in [0, 0.05) is 19.3 Å². The smallest absolute Gasteiger partial charge is 0.309 e. The molecule has 0 radical (unpaired) electrons. The quantitative estimate of drug-likeness (QED) is 0.0424. The van der Waals surface area contributed by atoms with Crippen LogP contribution in [-0.4, -0.2) is 44.1 Å². The lowest BCUT2D eigenvalue weighted by atomic mass is 10.0. The summed E-state index contributed by atoms with van der Waals surface area (Å²) in [6.45, 7) is 11.4. The molecule has 40 heavy (non-hydrogen) atoms. The Morgan fingerprint density at radius 3 is 1.12 bits per heavy atom. The van der Waals surface area contributed by atoms with Crippen molar-refractivity contribution in [3.63, 3.8) is 0 Å². The molecule has 0 bridgehead atoms. The molecule has 0 aromatic rings. The molecule has 1 unspecified atom stereocenters. The van der Waals surface area contributed by atoms with Crippen molar-refractivity contribution < 1.29 is 18.5 Å². The lowest BCUT2D eigenvalue weighted by Gasteiger charge is -2.23. The third-order valence-electron chi connectivity index (χ3n) is 7.88. The van der Waals surface area contributed by atoms with E-state index in [9.17, 15) is 4.57 Å². The highest BCUT2D eigenvalue weighted by molar-refractivity contribution is 7.53. The van der Waals surface area contributed by atoms with Crippen molar-refractivity contribution in [3.05, 3.63) is 0 Å². The van der Waals surface area contributed by atoms with Crippen molar-refractivity contribution in [1.29, 1.82) is 0 Å². The van der Waals surface area contributed by atoms with E-state index in [4.69, 9.17) is 13.9 Å². The first-order valence-electron chi connectivity index (χ1n) is 17.9. The summed E-state index contributed by atoms with van der Waals surface area (Å²) in [4.78, 5) is 6.09. The van der Waals surface area contributed by atoms with Gasteiger partial charge in [0.15, 0.2) is 0 Å².